The van der Waals surface area contributed by atoms with Crippen molar-refractivity contribution in [2.75, 3.05) is 25.6 Å². The zero-order valence-electron chi connectivity index (χ0n) is 13.6. The Kier molecular flexibility index (Phi) is 5.37. The van der Waals surface area contributed by atoms with Crippen LogP contribution in [-0.2, 0) is 4.74 Å². The van der Waals surface area contributed by atoms with E-state index in [2.05, 4.69) is 15.0 Å². The molecule has 0 unspecified atom stereocenters. The molecule has 0 aliphatic heterocycles. The fraction of sp³-hybridized carbons (Fsp3) is 0.167. The lowest BCUT2D eigenvalue weighted by atomic mass is 10.1. The van der Waals surface area contributed by atoms with Crippen molar-refractivity contribution in [3.63, 3.8) is 0 Å². The summed E-state index contributed by atoms with van der Waals surface area (Å²) in [6.07, 6.45) is 0. The second-order valence-corrected chi connectivity index (χ2v) is 6.12. The Labute approximate surface area is 149 Å². The number of nitrogens with one attached hydrogen (secondary N) is 2. The van der Waals surface area contributed by atoms with Crippen molar-refractivity contribution in [3.8, 4) is 0 Å². The second kappa shape index (κ2) is 7.87. The van der Waals surface area contributed by atoms with E-state index in [0.717, 1.165) is 10.1 Å². The molecule has 0 aliphatic rings. The topological polar surface area (TPSA) is 80.3 Å². The summed E-state index contributed by atoms with van der Waals surface area (Å²) in [6, 6.07) is 14.4. The van der Waals surface area contributed by atoms with Gasteiger partial charge in [-0.15, -0.1) is 0 Å². The standard InChI is InChI=1S/C18H17N3O3S/c1-24-10-9-19-17(22)12-5-4-6-13(11-12)20-18(23)16-14-7-2-3-8-15(14)25-21-16/h2-8,11H,9-10H2,1H3,(H,19,22)(H,20,23). The summed E-state index contributed by atoms with van der Waals surface area (Å²) in [4.78, 5) is 24.6. The number of methoxy groups -OCH3 is 1. The third-order valence-electron chi connectivity index (χ3n) is 3.57. The maximum Gasteiger partial charge on any atom is 0.276 e. The van der Waals surface area contributed by atoms with Crippen LogP contribution in [0.4, 0.5) is 5.69 Å². The van der Waals surface area contributed by atoms with Crippen LogP contribution in [0.1, 0.15) is 20.8 Å². The molecular weight excluding hydrogens is 338 g/mol. The number of rotatable bonds is 6. The maximum atomic E-state index is 12.5. The number of nitrogens with zero attached hydrogens (tertiary/aromatic N) is 1. The molecule has 6 nitrogen and oxygen atoms in total. The molecule has 0 radical (unpaired) electrons. The van der Waals surface area contributed by atoms with Gasteiger partial charge < -0.3 is 15.4 Å². The summed E-state index contributed by atoms with van der Waals surface area (Å²) in [6.45, 7) is 0.871. The molecule has 128 valence electrons. The van der Waals surface area contributed by atoms with Gasteiger partial charge in [0.25, 0.3) is 11.8 Å². The molecule has 0 spiro atoms. The lowest BCUT2D eigenvalue weighted by Gasteiger charge is -2.07. The average Bonchev–Trinajstić information content (AvgIpc) is 3.06. The third kappa shape index (κ3) is 4.01. The van der Waals surface area contributed by atoms with Crippen LogP contribution in [0.3, 0.4) is 0 Å². The molecule has 25 heavy (non-hydrogen) atoms. The van der Waals surface area contributed by atoms with Gasteiger partial charge in [0.15, 0.2) is 0 Å². The molecule has 0 saturated carbocycles. The van der Waals surface area contributed by atoms with E-state index in [1.165, 1.54) is 11.5 Å². The van der Waals surface area contributed by atoms with Gasteiger partial charge in [0.05, 0.1) is 11.3 Å². The largest absolute Gasteiger partial charge is 0.383 e. The highest BCUT2D eigenvalue weighted by atomic mass is 32.1. The van der Waals surface area contributed by atoms with Gasteiger partial charge in [-0.05, 0) is 35.8 Å². The van der Waals surface area contributed by atoms with E-state index in [1.54, 1.807) is 31.4 Å². The van der Waals surface area contributed by atoms with Crippen molar-refractivity contribution in [2.45, 2.75) is 0 Å². The lowest BCUT2D eigenvalue weighted by Crippen LogP contribution is -2.27. The third-order valence-corrected chi connectivity index (χ3v) is 4.39. The summed E-state index contributed by atoms with van der Waals surface area (Å²) < 4.78 is 10.1. The van der Waals surface area contributed by atoms with Crippen LogP contribution >= 0.6 is 11.5 Å². The second-order valence-electron chi connectivity index (χ2n) is 5.31. The van der Waals surface area contributed by atoms with Gasteiger partial charge in [0.1, 0.15) is 5.69 Å². The minimum atomic E-state index is -0.297. The van der Waals surface area contributed by atoms with Gasteiger partial charge >= 0.3 is 0 Å². The van der Waals surface area contributed by atoms with E-state index >= 15 is 0 Å². The molecule has 0 bridgehead atoms. The van der Waals surface area contributed by atoms with E-state index < -0.39 is 0 Å². The molecule has 3 aromatic rings. The van der Waals surface area contributed by atoms with Crippen LogP contribution in [0, 0.1) is 0 Å². The van der Waals surface area contributed by atoms with Crippen LogP contribution in [0.25, 0.3) is 10.1 Å². The summed E-state index contributed by atoms with van der Waals surface area (Å²) in [7, 11) is 1.57. The number of carbonyl (C=O) groups excluding carboxylic acids is 2. The number of hydrogen-bond donors (Lipinski definition) is 2. The summed E-state index contributed by atoms with van der Waals surface area (Å²) in [5, 5.41) is 6.36. The summed E-state index contributed by atoms with van der Waals surface area (Å²) in [5.41, 5.74) is 1.40. The van der Waals surface area contributed by atoms with Crippen LogP contribution in [0.5, 0.6) is 0 Å². The zero-order chi connectivity index (χ0) is 17.6. The fourth-order valence-corrected chi connectivity index (χ4v) is 3.12. The number of ether oxygens (including phenoxy) is 1. The van der Waals surface area contributed by atoms with Gasteiger partial charge in [0, 0.05) is 30.3 Å². The number of anilines is 1. The molecule has 0 atom stereocenters. The van der Waals surface area contributed by atoms with Crippen LogP contribution in [-0.4, -0.2) is 36.4 Å². The lowest BCUT2D eigenvalue weighted by molar-refractivity contribution is 0.0936. The van der Waals surface area contributed by atoms with Gasteiger partial charge in [-0.3, -0.25) is 9.59 Å². The quantitative estimate of drug-likeness (QED) is 0.666. The van der Waals surface area contributed by atoms with Crippen LogP contribution in [0.15, 0.2) is 48.5 Å². The fourth-order valence-electron chi connectivity index (χ4n) is 2.35. The number of carbonyl (C=O) groups is 2. The minimum absolute atomic E-state index is 0.216. The first-order valence-electron chi connectivity index (χ1n) is 7.72. The highest BCUT2D eigenvalue weighted by molar-refractivity contribution is 7.13. The molecule has 0 saturated heterocycles. The van der Waals surface area contributed by atoms with E-state index in [4.69, 9.17) is 4.74 Å². The van der Waals surface area contributed by atoms with Gasteiger partial charge in [-0.1, -0.05) is 24.3 Å². The van der Waals surface area contributed by atoms with Crippen LogP contribution < -0.4 is 10.6 Å². The van der Waals surface area contributed by atoms with Crippen molar-refractivity contribution in [1.82, 2.24) is 9.69 Å². The van der Waals surface area contributed by atoms with E-state index in [0.29, 0.717) is 30.1 Å². The first-order chi connectivity index (χ1) is 12.2. The summed E-state index contributed by atoms with van der Waals surface area (Å²) in [5.74, 6) is -0.512. The normalized spacial score (nSPS) is 10.6. The number of hydrogen-bond acceptors (Lipinski definition) is 5. The van der Waals surface area contributed by atoms with Crippen molar-refractivity contribution in [1.29, 1.82) is 0 Å². The minimum Gasteiger partial charge on any atom is -0.383 e. The first-order valence-corrected chi connectivity index (χ1v) is 8.49. The Morgan fingerprint density at radius 3 is 2.80 bits per heavy atom. The Balaban J connectivity index is 1.73. The van der Waals surface area contributed by atoms with E-state index in [9.17, 15) is 9.59 Å². The molecule has 0 fully saturated rings. The van der Waals surface area contributed by atoms with Gasteiger partial charge in [-0.2, -0.15) is 4.37 Å². The molecule has 2 aromatic carbocycles. The first kappa shape index (κ1) is 17.1. The molecule has 7 heteroatoms. The molecule has 0 aliphatic carbocycles. The van der Waals surface area contributed by atoms with Crippen molar-refractivity contribution in [2.24, 2.45) is 0 Å². The summed E-state index contributed by atoms with van der Waals surface area (Å²) >= 11 is 1.29. The van der Waals surface area contributed by atoms with Crippen molar-refractivity contribution < 1.29 is 14.3 Å². The molecule has 3 rings (SSSR count). The molecule has 2 amide bonds. The predicted octanol–water partition coefficient (Wildman–Crippen LogP) is 2.92. The SMILES string of the molecule is COCCNC(=O)c1cccc(NC(=O)c2nsc3ccccc23)c1. The molecule has 1 aromatic heterocycles. The van der Waals surface area contributed by atoms with E-state index in [-0.39, 0.29) is 11.8 Å². The molecule has 1 heterocycles. The predicted molar refractivity (Wildman–Crippen MR) is 98.2 cm³/mol. The number of fused-ring (bicyclic) bond motifs is 1. The molecule has 2 N–H and O–H groups in total. The number of benzene rings is 2. The van der Waals surface area contributed by atoms with E-state index in [1.807, 2.05) is 24.3 Å². The van der Waals surface area contributed by atoms with Crippen LogP contribution in [0.2, 0.25) is 0 Å². The number of amides is 2. The highest BCUT2D eigenvalue weighted by Gasteiger charge is 2.15. The average molecular weight is 355 g/mol. The zero-order valence-corrected chi connectivity index (χ0v) is 14.4. The Bertz CT molecular complexity index is 907. The Morgan fingerprint density at radius 2 is 1.96 bits per heavy atom. The van der Waals surface area contributed by atoms with Gasteiger partial charge in [-0.25, -0.2) is 0 Å². The Morgan fingerprint density at radius 1 is 1.12 bits per heavy atom. The number of aromatic nitrogens is 1. The van der Waals surface area contributed by atoms with Crippen molar-refractivity contribution in [3.05, 3.63) is 59.8 Å². The monoisotopic (exact) mass is 355 g/mol. The smallest absolute Gasteiger partial charge is 0.276 e. The van der Waals surface area contributed by atoms with Crippen molar-refractivity contribution >= 4 is 39.1 Å². The Hall–Kier alpha value is -2.77. The maximum absolute atomic E-state index is 12.5. The molecular formula is C18H17N3O3S. The van der Waals surface area contributed by atoms with Gasteiger partial charge in [0.2, 0.25) is 0 Å². The highest BCUT2D eigenvalue weighted by Crippen LogP contribution is 2.23.